The van der Waals surface area contributed by atoms with E-state index >= 15 is 0 Å². The number of furan rings is 1. The molecule has 0 aliphatic carbocycles. The van der Waals surface area contributed by atoms with Crippen molar-refractivity contribution in [3.63, 3.8) is 0 Å². The van der Waals surface area contributed by atoms with Crippen LogP contribution in [0.5, 0.6) is 0 Å². The van der Waals surface area contributed by atoms with Gasteiger partial charge in [-0.3, -0.25) is 9.48 Å². The summed E-state index contributed by atoms with van der Waals surface area (Å²) in [6.07, 6.45) is 3.53. The molecule has 0 N–H and O–H groups in total. The topological polar surface area (TPSA) is 48.0 Å². The van der Waals surface area contributed by atoms with Crippen LogP contribution in [0, 0.1) is 0 Å². The largest absolute Gasteiger partial charge is 0.453 e. The van der Waals surface area contributed by atoms with Crippen molar-refractivity contribution in [2.75, 3.05) is 0 Å². The van der Waals surface area contributed by atoms with Crippen LogP contribution in [0.3, 0.4) is 0 Å². The number of rotatable bonds is 2. The number of carbonyl (C=O) groups is 1. The molecule has 0 aliphatic rings. The predicted molar refractivity (Wildman–Crippen MR) is 50.9 cm³/mol. The van der Waals surface area contributed by atoms with Gasteiger partial charge in [0.2, 0.25) is 0 Å². The van der Waals surface area contributed by atoms with Crippen molar-refractivity contribution in [1.29, 1.82) is 0 Å². The van der Waals surface area contributed by atoms with Crippen LogP contribution in [0.4, 0.5) is 0 Å². The number of hydrogen-bond acceptors (Lipinski definition) is 3. The van der Waals surface area contributed by atoms with Crippen molar-refractivity contribution in [2.24, 2.45) is 7.05 Å². The molecular weight excluding hydrogens is 180 g/mol. The molecule has 0 amide bonds. The third-order valence-corrected chi connectivity index (χ3v) is 1.94. The van der Waals surface area contributed by atoms with Gasteiger partial charge in [0.25, 0.3) is 0 Å². The lowest BCUT2D eigenvalue weighted by Gasteiger charge is -1.89. The quantitative estimate of drug-likeness (QED) is 0.679. The van der Waals surface area contributed by atoms with Crippen LogP contribution >= 0.6 is 0 Å². The van der Waals surface area contributed by atoms with Gasteiger partial charge in [0, 0.05) is 20.2 Å². The van der Waals surface area contributed by atoms with E-state index in [-0.39, 0.29) is 5.78 Å². The lowest BCUT2D eigenvalue weighted by atomic mass is 10.3. The summed E-state index contributed by atoms with van der Waals surface area (Å²) in [4.78, 5) is 11.0. The van der Waals surface area contributed by atoms with Crippen molar-refractivity contribution in [3.8, 4) is 11.3 Å². The molecule has 4 nitrogen and oxygen atoms in total. The molecule has 14 heavy (non-hydrogen) atoms. The van der Waals surface area contributed by atoms with Gasteiger partial charge >= 0.3 is 0 Å². The maximum absolute atomic E-state index is 11.0. The van der Waals surface area contributed by atoms with Crippen LogP contribution in [0.25, 0.3) is 11.3 Å². The van der Waals surface area contributed by atoms with E-state index in [9.17, 15) is 4.79 Å². The van der Waals surface area contributed by atoms with Gasteiger partial charge in [-0.2, -0.15) is 5.10 Å². The second-order valence-electron chi connectivity index (χ2n) is 3.12. The first-order valence-corrected chi connectivity index (χ1v) is 4.26. The summed E-state index contributed by atoms with van der Waals surface area (Å²) in [7, 11) is 1.83. The molecule has 0 atom stereocenters. The van der Waals surface area contributed by atoms with Crippen molar-refractivity contribution >= 4 is 5.78 Å². The number of hydrogen-bond donors (Lipinski definition) is 0. The van der Waals surface area contributed by atoms with Gasteiger partial charge in [-0.1, -0.05) is 0 Å². The van der Waals surface area contributed by atoms with Gasteiger partial charge in [0.05, 0.1) is 11.8 Å². The Morgan fingerprint density at radius 2 is 2.29 bits per heavy atom. The number of nitrogens with zero attached hydrogens (tertiary/aromatic N) is 2. The number of ketones is 1. The maximum Gasteiger partial charge on any atom is 0.194 e. The fourth-order valence-electron chi connectivity index (χ4n) is 1.23. The highest BCUT2D eigenvalue weighted by atomic mass is 16.3. The summed E-state index contributed by atoms with van der Waals surface area (Å²) in [5, 5.41) is 4.02. The second kappa shape index (κ2) is 3.14. The van der Waals surface area contributed by atoms with Gasteiger partial charge < -0.3 is 4.42 Å². The lowest BCUT2D eigenvalue weighted by Crippen LogP contribution is -1.86. The zero-order valence-corrected chi connectivity index (χ0v) is 8.02. The molecule has 2 rings (SSSR count). The highest BCUT2D eigenvalue weighted by Crippen LogP contribution is 2.21. The average Bonchev–Trinajstić information content (AvgIpc) is 2.70. The molecule has 2 aromatic heterocycles. The summed E-state index contributed by atoms with van der Waals surface area (Å²) in [5.74, 6) is 0.979. The summed E-state index contributed by atoms with van der Waals surface area (Å²) in [5.41, 5.74) is 0.875. The molecule has 0 spiro atoms. The number of carbonyl (C=O) groups excluding carboxylic acids is 1. The van der Waals surface area contributed by atoms with E-state index in [2.05, 4.69) is 5.10 Å². The molecule has 0 fully saturated rings. The Hall–Kier alpha value is -1.84. The first-order chi connectivity index (χ1) is 6.66. The van der Waals surface area contributed by atoms with Gasteiger partial charge in [0.15, 0.2) is 11.5 Å². The van der Waals surface area contributed by atoms with E-state index in [0.717, 1.165) is 5.56 Å². The first kappa shape index (κ1) is 8.74. The average molecular weight is 190 g/mol. The minimum Gasteiger partial charge on any atom is -0.453 e. The minimum atomic E-state index is -0.0693. The molecule has 0 bridgehead atoms. The Kier molecular flexibility index (Phi) is 1.96. The summed E-state index contributed by atoms with van der Waals surface area (Å²) in [6, 6.07) is 3.44. The molecule has 0 unspecified atom stereocenters. The molecule has 0 radical (unpaired) electrons. The molecule has 2 heterocycles. The van der Waals surface area contributed by atoms with E-state index in [1.54, 1.807) is 23.0 Å². The van der Waals surface area contributed by atoms with E-state index in [1.165, 1.54) is 6.92 Å². The number of aryl methyl sites for hydroxylation is 1. The maximum atomic E-state index is 11.0. The third kappa shape index (κ3) is 1.46. The number of Topliss-reactive ketones (excluding diaryl/α,β-unsaturated/α-hetero) is 1. The third-order valence-electron chi connectivity index (χ3n) is 1.94. The van der Waals surface area contributed by atoms with Gasteiger partial charge in [-0.25, -0.2) is 0 Å². The Morgan fingerprint density at radius 1 is 1.50 bits per heavy atom. The summed E-state index contributed by atoms with van der Waals surface area (Å²) >= 11 is 0. The van der Waals surface area contributed by atoms with Gasteiger partial charge in [-0.05, 0) is 12.1 Å². The van der Waals surface area contributed by atoms with Crippen molar-refractivity contribution in [2.45, 2.75) is 6.92 Å². The molecule has 0 saturated carbocycles. The van der Waals surface area contributed by atoms with Crippen molar-refractivity contribution in [3.05, 3.63) is 30.3 Å². The number of aromatic nitrogens is 2. The highest BCUT2D eigenvalue weighted by molar-refractivity contribution is 5.91. The van der Waals surface area contributed by atoms with Crippen LogP contribution in [-0.4, -0.2) is 15.6 Å². The Bertz CT molecular complexity index is 468. The standard InChI is InChI=1S/C10H10N2O2/c1-7(13)9-3-4-10(14-9)8-5-11-12(2)6-8/h3-6H,1-2H3. The fourth-order valence-corrected chi connectivity index (χ4v) is 1.23. The molecule has 0 aliphatic heterocycles. The zero-order chi connectivity index (χ0) is 10.1. The highest BCUT2D eigenvalue weighted by Gasteiger charge is 2.08. The van der Waals surface area contributed by atoms with Crippen LogP contribution in [-0.2, 0) is 7.05 Å². The smallest absolute Gasteiger partial charge is 0.194 e. The van der Waals surface area contributed by atoms with Crippen molar-refractivity contribution in [1.82, 2.24) is 9.78 Å². The predicted octanol–water partition coefficient (Wildman–Crippen LogP) is 1.88. The SMILES string of the molecule is CC(=O)c1ccc(-c2cnn(C)c2)o1. The molecule has 0 aromatic carbocycles. The Balaban J connectivity index is 2.38. The molecule has 4 heteroatoms. The molecule has 72 valence electrons. The van der Waals surface area contributed by atoms with E-state index in [4.69, 9.17) is 4.42 Å². The summed E-state index contributed by atoms with van der Waals surface area (Å²) < 4.78 is 7.03. The zero-order valence-electron chi connectivity index (χ0n) is 8.02. The second-order valence-corrected chi connectivity index (χ2v) is 3.12. The Morgan fingerprint density at radius 3 is 2.79 bits per heavy atom. The Labute approximate surface area is 81.1 Å². The van der Waals surface area contributed by atoms with Crippen LogP contribution in [0.1, 0.15) is 17.5 Å². The van der Waals surface area contributed by atoms with E-state index < -0.39 is 0 Å². The molecular formula is C10H10N2O2. The van der Waals surface area contributed by atoms with Crippen molar-refractivity contribution < 1.29 is 9.21 Å². The van der Waals surface area contributed by atoms with E-state index in [0.29, 0.717) is 11.5 Å². The van der Waals surface area contributed by atoms with Crippen LogP contribution < -0.4 is 0 Å². The first-order valence-electron chi connectivity index (χ1n) is 4.26. The van der Waals surface area contributed by atoms with Crippen LogP contribution in [0.15, 0.2) is 28.9 Å². The van der Waals surface area contributed by atoms with Crippen LogP contribution in [0.2, 0.25) is 0 Å². The fraction of sp³-hybridized carbons (Fsp3) is 0.200. The summed E-state index contributed by atoms with van der Waals surface area (Å²) in [6.45, 7) is 1.48. The van der Waals surface area contributed by atoms with Gasteiger partial charge in [0.1, 0.15) is 5.76 Å². The van der Waals surface area contributed by atoms with Gasteiger partial charge in [-0.15, -0.1) is 0 Å². The van der Waals surface area contributed by atoms with E-state index in [1.807, 2.05) is 13.2 Å². The molecule has 0 saturated heterocycles. The monoisotopic (exact) mass is 190 g/mol. The molecule has 2 aromatic rings. The lowest BCUT2D eigenvalue weighted by molar-refractivity contribution is 0.0988. The minimum absolute atomic E-state index is 0.0693. The normalized spacial score (nSPS) is 10.4.